The summed E-state index contributed by atoms with van der Waals surface area (Å²) < 4.78 is 28.8. The number of nitrogens with zero attached hydrogens (tertiary/aromatic N) is 3. The summed E-state index contributed by atoms with van der Waals surface area (Å²) in [5, 5.41) is 3.62. The van der Waals surface area contributed by atoms with E-state index in [1.807, 2.05) is 0 Å². The highest BCUT2D eigenvalue weighted by Gasteiger charge is 2.39. The third kappa shape index (κ3) is 3.29. The molecule has 2 atom stereocenters. The number of carbonyl (C=O) groups excluding carboxylic acids is 1. The van der Waals surface area contributed by atoms with Crippen molar-refractivity contribution in [2.75, 3.05) is 43.4 Å². The van der Waals surface area contributed by atoms with E-state index in [1.54, 1.807) is 18.2 Å². The average Bonchev–Trinajstić information content (AvgIpc) is 3.27. The first-order chi connectivity index (χ1) is 14.5. The number of hydrogen-bond donors (Lipinski definition) is 1. The topological polar surface area (TPSA) is 48.5 Å². The quantitative estimate of drug-likeness (QED) is 0.717. The average molecular weight is 408 g/mol. The summed E-state index contributed by atoms with van der Waals surface area (Å²) in [5.74, 6) is -0.100. The molecule has 0 bridgehead atoms. The van der Waals surface area contributed by atoms with Crippen molar-refractivity contribution < 1.29 is 13.6 Å². The monoisotopic (exact) mass is 408 g/mol. The minimum atomic E-state index is -0.447. The van der Waals surface area contributed by atoms with E-state index in [0.717, 1.165) is 26.2 Å². The van der Waals surface area contributed by atoms with Crippen LogP contribution in [0.25, 0.3) is 10.8 Å². The Balaban J connectivity index is 1.35. The van der Waals surface area contributed by atoms with Gasteiger partial charge in [-0.2, -0.15) is 0 Å². The van der Waals surface area contributed by atoms with Gasteiger partial charge < -0.3 is 15.1 Å². The fraction of sp³-hybridized carbons (Fsp3) is 0.304. The van der Waals surface area contributed by atoms with Gasteiger partial charge in [-0.25, -0.2) is 8.78 Å². The van der Waals surface area contributed by atoms with E-state index in [1.165, 1.54) is 30.6 Å². The normalized spacial score (nSPS) is 21.2. The van der Waals surface area contributed by atoms with Crippen LogP contribution >= 0.6 is 0 Å². The number of carbonyl (C=O) groups is 1. The first-order valence-corrected chi connectivity index (χ1v) is 10.1. The van der Waals surface area contributed by atoms with E-state index < -0.39 is 11.7 Å². The molecule has 0 radical (unpaired) electrons. The van der Waals surface area contributed by atoms with Gasteiger partial charge in [0.2, 0.25) is 0 Å². The minimum Gasteiger partial charge on any atom is -0.368 e. The van der Waals surface area contributed by atoms with E-state index in [-0.39, 0.29) is 11.4 Å². The smallest absolute Gasteiger partial charge is 0.255 e. The highest BCUT2D eigenvalue weighted by atomic mass is 19.1. The molecule has 3 aromatic rings. The van der Waals surface area contributed by atoms with Gasteiger partial charge in [-0.1, -0.05) is 0 Å². The molecule has 5 rings (SSSR count). The largest absolute Gasteiger partial charge is 0.368 e. The van der Waals surface area contributed by atoms with E-state index in [9.17, 15) is 13.6 Å². The van der Waals surface area contributed by atoms with Gasteiger partial charge in [-0.3, -0.25) is 9.78 Å². The van der Waals surface area contributed by atoms with Crippen LogP contribution in [0.15, 0.2) is 48.8 Å². The summed E-state index contributed by atoms with van der Waals surface area (Å²) in [6.45, 7) is 3.77. The minimum absolute atomic E-state index is 0.219. The van der Waals surface area contributed by atoms with Gasteiger partial charge in [0.05, 0.1) is 11.4 Å². The van der Waals surface area contributed by atoms with E-state index >= 15 is 0 Å². The molecule has 5 nitrogen and oxygen atoms in total. The zero-order chi connectivity index (χ0) is 20.8. The van der Waals surface area contributed by atoms with E-state index in [4.69, 9.17) is 0 Å². The number of likely N-dealkylation sites (tertiary alicyclic amines) is 1. The van der Waals surface area contributed by atoms with Crippen molar-refractivity contribution in [1.29, 1.82) is 0 Å². The summed E-state index contributed by atoms with van der Waals surface area (Å²) in [6.07, 6.45) is 3.00. The second-order valence-corrected chi connectivity index (χ2v) is 8.28. The summed E-state index contributed by atoms with van der Waals surface area (Å²) in [7, 11) is 2.12. The SMILES string of the molecule is CN1CC2CN(c3ccc(C(=O)Nc4ccc(F)c5ccncc45)cc3F)CC2C1. The molecule has 154 valence electrons. The van der Waals surface area contributed by atoms with Gasteiger partial charge in [0, 0.05) is 54.9 Å². The number of nitrogens with one attached hydrogen (secondary N) is 1. The summed E-state index contributed by atoms with van der Waals surface area (Å²) in [6, 6.07) is 8.93. The van der Waals surface area contributed by atoms with Crippen LogP contribution in [0.2, 0.25) is 0 Å². The lowest BCUT2D eigenvalue weighted by atomic mass is 10.0. The van der Waals surface area contributed by atoms with Crippen LogP contribution in [0.5, 0.6) is 0 Å². The van der Waals surface area contributed by atoms with Gasteiger partial charge in [0.15, 0.2) is 0 Å². The lowest BCUT2D eigenvalue weighted by Gasteiger charge is -2.22. The van der Waals surface area contributed by atoms with E-state index in [2.05, 4.69) is 27.1 Å². The number of amides is 1. The Morgan fingerprint density at radius 1 is 1.00 bits per heavy atom. The Labute approximate surface area is 173 Å². The van der Waals surface area contributed by atoms with Crippen molar-refractivity contribution in [3.8, 4) is 0 Å². The Kier molecular flexibility index (Phi) is 4.62. The molecule has 1 amide bonds. The van der Waals surface area contributed by atoms with Crippen LogP contribution in [-0.2, 0) is 0 Å². The first-order valence-electron chi connectivity index (χ1n) is 10.1. The highest BCUT2D eigenvalue weighted by Crippen LogP contribution is 2.34. The number of rotatable bonds is 3. The molecule has 0 spiro atoms. The molecule has 2 unspecified atom stereocenters. The highest BCUT2D eigenvalue weighted by molar-refractivity contribution is 6.09. The Bertz CT molecular complexity index is 1120. The molecule has 2 aromatic carbocycles. The lowest BCUT2D eigenvalue weighted by Crippen LogP contribution is -2.27. The maximum atomic E-state index is 14.9. The number of hydrogen-bond acceptors (Lipinski definition) is 4. The van der Waals surface area contributed by atoms with Crippen molar-refractivity contribution >= 4 is 28.1 Å². The number of halogens is 2. The summed E-state index contributed by atoms with van der Waals surface area (Å²) >= 11 is 0. The molecular formula is C23H22F2N4O. The van der Waals surface area contributed by atoms with Gasteiger partial charge in [0.25, 0.3) is 5.91 Å². The number of fused-ring (bicyclic) bond motifs is 2. The number of anilines is 2. The molecular weight excluding hydrogens is 386 g/mol. The van der Waals surface area contributed by atoms with Crippen LogP contribution < -0.4 is 10.2 Å². The van der Waals surface area contributed by atoms with Gasteiger partial charge in [0.1, 0.15) is 11.6 Å². The molecule has 2 aliphatic rings. The molecule has 2 fully saturated rings. The van der Waals surface area contributed by atoms with Crippen LogP contribution in [0.3, 0.4) is 0 Å². The second-order valence-electron chi connectivity index (χ2n) is 8.28. The maximum absolute atomic E-state index is 14.9. The van der Waals surface area contributed by atoms with Crippen molar-refractivity contribution in [3.05, 3.63) is 66.0 Å². The first kappa shape index (κ1) is 18.9. The van der Waals surface area contributed by atoms with Crippen LogP contribution in [-0.4, -0.2) is 49.0 Å². The standard InChI is InChI=1S/C23H22F2N4O/c1-28-10-15-12-29(13-16(15)11-28)22-5-2-14(8-20(22)25)23(30)27-21-4-3-19(24)17-6-7-26-9-18(17)21/h2-9,15-16H,10-13H2,1H3,(H,27,30). The molecule has 3 heterocycles. The molecule has 1 N–H and O–H groups in total. The third-order valence-corrected chi connectivity index (χ3v) is 6.23. The van der Waals surface area contributed by atoms with Crippen LogP contribution in [0.4, 0.5) is 20.2 Å². The molecule has 7 heteroatoms. The van der Waals surface area contributed by atoms with Crippen molar-refractivity contribution in [2.24, 2.45) is 11.8 Å². The van der Waals surface area contributed by atoms with Crippen LogP contribution in [0.1, 0.15) is 10.4 Å². The predicted molar refractivity (Wildman–Crippen MR) is 113 cm³/mol. The number of aromatic nitrogens is 1. The van der Waals surface area contributed by atoms with Crippen molar-refractivity contribution in [2.45, 2.75) is 0 Å². The predicted octanol–water partition coefficient (Wildman–Crippen LogP) is 3.76. The summed E-state index contributed by atoms with van der Waals surface area (Å²) in [4.78, 5) is 21.1. The van der Waals surface area contributed by atoms with Gasteiger partial charge in [-0.05, 0) is 55.3 Å². The van der Waals surface area contributed by atoms with Gasteiger partial charge >= 0.3 is 0 Å². The van der Waals surface area contributed by atoms with Crippen molar-refractivity contribution in [3.63, 3.8) is 0 Å². The van der Waals surface area contributed by atoms with E-state index in [0.29, 0.717) is 34.0 Å². The number of pyridine rings is 1. The molecule has 2 saturated heterocycles. The Morgan fingerprint density at radius 2 is 1.77 bits per heavy atom. The maximum Gasteiger partial charge on any atom is 0.255 e. The zero-order valence-corrected chi connectivity index (χ0v) is 16.6. The molecule has 30 heavy (non-hydrogen) atoms. The van der Waals surface area contributed by atoms with Crippen molar-refractivity contribution in [1.82, 2.24) is 9.88 Å². The molecule has 2 aliphatic heterocycles. The summed E-state index contributed by atoms with van der Waals surface area (Å²) in [5.41, 5.74) is 1.20. The molecule has 0 aliphatic carbocycles. The fourth-order valence-corrected chi connectivity index (χ4v) is 4.79. The fourth-order valence-electron chi connectivity index (χ4n) is 4.79. The third-order valence-electron chi connectivity index (χ3n) is 6.23. The van der Waals surface area contributed by atoms with Gasteiger partial charge in [-0.15, -0.1) is 0 Å². The van der Waals surface area contributed by atoms with Crippen LogP contribution in [0, 0.1) is 23.5 Å². The Hall–Kier alpha value is -3.06. The molecule has 1 aromatic heterocycles. The lowest BCUT2D eigenvalue weighted by molar-refractivity contribution is 0.102. The Morgan fingerprint density at radius 3 is 2.50 bits per heavy atom. The molecule has 0 saturated carbocycles. The second kappa shape index (κ2) is 7.32. The zero-order valence-electron chi connectivity index (χ0n) is 16.6. The number of benzene rings is 2.